The van der Waals surface area contributed by atoms with E-state index in [2.05, 4.69) is 40.7 Å². The van der Waals surface area contributed by atoms with Crippen LogP contribution in [-0.2, 0) is 6.54 Å². The minimum atomic E-state index is -0.294. The second-order valence-electron chi connectivity index (χ2n) is 6.11. The van der Waals surface area contributed by atoms with Gasteiger partial charge in [0.2, 0.25) is 0 Å². The largest absolute Gasteiger partial charge is 0.419 e. The number of para-hydroxylation sites is 2. The smallest absolute Gasteiger partial charge is 0.408 e. The molecule has 2 aromatic heterocycles. The maximum Gasteiger partial charge on any atom is 0.419 e. The molecule has 0 bridgehead atoms. The maximum atomic E-state index is 12.0. The molecular formula is C20H19N3O2S. The lowest BCUT2D eigenvalue weighted by molar-refractivity contribution is 0.503. The highest BCUT2D eigenvalue weighted by Crippen LogP contribution is 2.22. The number of fused-ring (bicyclic) bond motifs is 1. The Kier molecular flexibility index (Phi) is 4.67. The molecule has 0 aliphatic rings. The molecule has 4 rings (SSSR count). The Morgan fingerprint density at radius 2 is 2.04 bits per heavy atom. The summed E-state index contributed by atoms with van der Waals surface area (Å²) in [6.45, 7) is 2.72. The fourth-order valence-corrected chi connectivity index (χ4v) is 3.88. The van der Waals surface area contributed by atoms with Crippen LogP contribution in [0, 0.1) is 6.92 Å². The van der Waals surface area contributed by atoms with Crippen molar-refractivity contribution in [2.24, 2.45) is 0 Å². The zero-order chi connectivity index (χ0) is 17.9. The molecule has 0 N–H and O–H groups in total. The molecule has 6 heteroatoms. The van der Waals surface area contributed by atoms with Crippen molar-refractivity contribution < 1.29 is 4.42 Å². The lowest BCUT2D eigenvalue weighted by atomic mass is 10.2. The number of imidazole rings is 1. The van der Waals surface area contributed by atoms with Crippen molar-refractivity contribution in [1.29, 1.82) is 0 Å². The van der Waals surface area contributed by atoms with E-state index < -0.39 is 0 Å². The monoisotopic (exact) mass is 365 g/mol. The van der Waals surface area contributed by atoms with Crippen LogP contribution in [0.2, 0.25) is 0 Å². The first-order valence-electron chi connectivity index (χ1n) is 8.54. The van der Waals surface area contributed by atoms with Gasteiger partial charge in [0.25, 0.3) is 0 Å². The lowest BCUT2D eigenvalue weighted by Crippen LogP contribution is -2.14. The van der Waals surface area contributed by atoms with Crippen LogP contribution in [0.1, 0.15) is 12.0 Å². The molecule has 0 saturated heterocycles. The standard InChI is InChI=1S/C20H19N3O2S/c1-15-6-4-7-16(14-15)22-12-10-21-19(22)26-13-5-11-23-17-8-2-3-9-18(17)25-20(23)24/h2-4,6-10,12,14H,5,11,13H2,1H3. The van der Waals surface area contributed by atoms with E-state index in [0.717, 1.165) is 28.5 Å². The first-order valence-corrected chi connectivity index (χ1v) is 9.52. The maximum absolute atomic E-state index is 12.0. The van der Waals surface area contributed by atoms with Crippen molar-refractivity contribution in [2.45, 2.75) is 25.0 Å². The first-order chi connectivity index (χ1) is 12.7. The van der Waals surface area contributed by atoms with Gasteiger partial charge in [0.15, 0.2) is 10.7 Å². The van der Waals surface area contributed by atoms with Crippen molar-refractivity contribution in [2.75, 3.05) is 5.75 Å². The van der Waals surface area contributed by atoms with Gasteiger partial charge < -0.3 is 4.42 Å². The average Bonchev–Trinajstić information content (AvgIpc) is 3.23. The third-order valence-electron chi connectivity index (χ3n) is 4.22. The summed E-state index contributed by atoms with van der Waals surface area (Å²) >= 11 is 1.69. The molecule has 0 aliphatic heterocycles. The number of rotatable bonds is 6. The summed E-state index contributed by atoms with van der Waals surface area (Å²) < 4.78 is 9.07. The zero-order valence-corrected chi connectivity index (χ0v) is 15.3. The molecule has 4 aromatic rings. The van der Waals surface area contributed by atoms with Gasteiger partial charge in [-0.3, -0.25) is 9.13 Å². The molecule has 0 spiro atoms. The molecule has 0 unspecified atom stereocenters. The van der Waals surface area contributed by atoms with Gasteiger partial charge in [-0.05, 0) is 43.2 Å². The van der Waals surface area contributed by atoms with E-state index in [0.29, 0.717) is 12.1 Å². The molecule has 0 fully saturated rings. The van der Waals surface area contributed by atoms with E-state index in [4.69, 9.17) is 4.42 Å². The van der Waals surface area contributed by atoms with Gasteiger partial charge in [-0.15, -0.1) is 0 Å². The van der Waals surface area contributed by atoms with Gasteiger partial charge in [-0.2, -0.15) is 0 Å². The van der Waals surface area contributed by atoms with E-state index in [1.54, 1.807) is 16.3 Å². The molecule has 0 aliphatic carbocycles. The normalized spacial score (nSPS) is 11.3. The number of hydrogen-bond donors (Lipinski definition) is 0. The fraction of sp³-hybridized carbons (Fsp3) is 0.200. The summed E-state index contributed by atoms with van der Waals surface area (Å²) in [5.74, 6) is 0.576. The molecule has 2 aromatic carbocycles. The number of oxazole rings is 1. The average molecular weight is 365 g/mol. The summed E-state index contributed by atoms with van der Waals surface area (Å²) in [5.41, 5.74) is 3.82. The number of nitrogens with zero attached hydrogens (tertiary/aromatic N) is 3. The molecule has 5 nitrogen and oxygen atoms in total. The van der Waals surface area contributed by atoms with Crippen molar-refractivity contribution in [3.8, 4) is 5.69 Å². The quantitative estimate of drug-likeness (QED) is 0.378. The van der Waals surface area contributed by atoms with Crippen LogP contribution in [0.25, 0.3) is 16.8 Å². The number of hydrogen-bond acceptors (Lipinski definition) is 4. The number of aryl methyl sites for hydroxylation is 2. The first kappa shape index (κ1) is 16.7. The summed E-state index contributed by atoms with van der Waals surface area (Å²) in [6.07, 6.45) is 4.65. The summed E-state index contributed by atoms with van der Waals surface area (Å²) in [7, 11) is 0. The predicted molar refractivity (Wildman–Crippen MR) is 104 cm³/mol. The molecule has 26 heavy (non-hydrogen) atoms. The third-order valence-corrected chi connectivity index (χ3v) is 5.27. The highest BCUT2D eigenvalue weighted by Gasteiger charge is 2.09. The Hall–Kier alpha value is -2.73. The Morgan fingerprint density at radius 1 is 1.15 bits per heavy atom. The van der Waals surface area contributed by atoms with Gasteiger partial charge in [-0.1, -0.05) is 36.0 Å². The van der Waals surface area contributed by atoms with Crippen LogP contribution >= 0.6 is 11.8 Å². The predicted octanol–water partition coefficient (Wildman–Crippen LogP) is 4.27. The molecule has 132 valence electrons. The van der Waals surface area contributed by atoms with Gasteiger partial charge in [0.05, 0.1) is 5.52 Å². The highest BCUT2D eigenvalue weighted by atomic mass is 32.2. The van der Waals surface area contributed by atoms with Gasteiger partial charge in [0.1, 0.15) is 0 Å². The van der Waals surface area contributed by atoms with Gasteiger partial charge in [0, 0.05) is 30.4 Å². The van der Waals surface area contributed by atoms with Crippen LogP contribution in [-0.4, -0.2) is 19.9 Å². The topological polar surface area (TPSA) is 53.0 Å². The minimum absolute atomic E-state index is 0.294. The van der Waals surface area contributed by atoms with Crippen LogP contribution in [0.5, 0.6) is 0 Å². The van der Waals surface area contributed by atoms with Crippen LogP contribution in [0.3, 0.4) is 0 Å². The van der Waals surface area contributed by atoms with E-state index in [-0.39, 0.29) is 5.76 Å². The fourth-order valence-electron chi connectivity index (χ4n) is 2.98. The second-order valence-corrected chi connectivity index (χ2v) is 7.17. The van der Waals surface area contributed by atoms with E-state index in [1.807, 2.05) is 36.7 Å². The van der Waals surface area contributed by atoms with Crippen molar-refractivity contribution in [1.82, 2.24) is 14.1 Å². The Bertz CT molecular complexity index is 1090. The zero-order valence-electron chi connectivity index (χ0n) is 14.5. The van der Waals surface area contributed by atoms with Crippen molar-refractivity contribution in [3.63, 3.8) is 0 Å². The van der Waals surface area contributed by atoms with Gasteiger partial charge in [-0.25, -0.2) is 9.78 Å². The summed E-state index contributed by atoms with van der Waals surface area (Å²) in [5, 5.41) is 0.958. The molecule has 0 amide bonds. The third kappa shape index (κ3) is 3.32. The van der Waals surface area contributed by atoms with E-state index >= 15 is 0 Å². The van der Waals surface area contributed by atoms with E-state index in [1.165, 1.54) is 5.56 Å². The molecule has 0 saturated carbocycles. The van der Waals surface area contributed by atoms with Crippen LogP contribution < -0.4 is 5.76 Å². The Balaban J connectivity index is 1.42. The minimum Gasteiger partial charge on any atom is -0.408 e. The molecule has 0 radical (unpaired) electrons. The number of aromatic nitrogens is 3. The molecular weight excluding hydrogens is 346 g/mol. The van der Waals surface area contributed by atoms with Crippen LogP contribution in [0.4, 0.5) is 0 Å². The number of thioether (sulfide) groups is 1. The number of benzene rings is 2. The Labute approximate surface area is 155 Å². The summed E-state index contributed by atoms with van der Waals surface area (Å²) in [4.78, 5) is 16.5. The van der Waals surface area contributed by atoms with Crippen LogP contribution in [0.15, 0.2) is 75.3 Å². The second kappa shape index (κ2) is 7.25. The summed E-state index contributed by atoms with van der Waals surface area (Å²) in [6, 6.07) is 15.9. The lowest BCUT2D eigenvalue weighted by Gasteiger charge is -2.08. The SMILES string of the molecule is Cc1cccc(-n2ccnc2SCCCn2c(=O)oc3ccccc32)c1. The van der Waals surface area contributed by atoms with E-state index in [9.17, 15) is 4.79 Å². The van der Waals surface area contributed by atoms with Crippen molar-refractivity contribution in [3.05, 3.63) is 77.0 Å². The molecule has 0 atom stereocenters. The van der Waals surface area contributed by atoms with Gasteiger partial charge >= 0.3 is 5.76 Å². The molecule has 2 heterocycles. The Morgan fingerprint density at radius 3 is 2.92 bits per heavy atom. The highest BCUT2D eigenvalue weighted by molar-refractivity contribution is 7.99. The van der Waals surface area contributed by atoms with Crippen molar-refractivity contribution >= 4 is 22.9 Å².